The predicted molar refractivity (Wildman–Crippen MR) is 124 cm³/mol. The zero-order valence-corrected chi connectivity index (χ0v) is 18.4. The molecule has 1 N–H and O–H groups in total. The maximum Gasteiger partial charge on any atom is 0.165 e. The van der Waals surface area contributed by atoms with Crippen molar-refractivity contribution in [2.45, 2.75) is 58.5 Å². The number of halogens is 1. The van der Waals surface area contributed by atoms with Gasteiger partial charge in [-0.15, -0.1) is 0 Å². The van der Waals surface area contributed by atoms with Crippen molar-refractivity contribution in [1.82, 2.24) is 9.97 Å². The summed E-state index contributed by atoms with van der Waals surface area (Å²) in [7, 11) is 0. The smallest absolute Gasteiger partial charge is 0.165 e. The van der Waals surface area contributed by atoms with Gasteiger partial charge in [-0.3, -0.25) is 4.98 Å². The second-order valence-electron chi connectivity index (χ2n) is 7.89. The van der Waals surface area contributed by atoms with E-state index in [-0.39, 0.29) is 5.75 Å². The number of benzene rings is 2. The maximum atomic E-state index is 13.6. The zero-order chi connectivity index (χ0) is 22.1. The molecule has 0 saturated carbocycles. The van der Waals surface area contributed by atoms with Crippen LogP contribution in [-0.2, 0) is 4.74 Å². The Kier molecular flexibility index (Phi) is 8.53. The molecule has 3 aromatic rings. The van der Waals surface area contributed by atoms with E-state index in [2.05, 4.69) is 29.9 Å². The van der Waals surface area contributed by atoms with Crippen molar-refractivity contribution in [2.24, 2.45) is 0 Å². The van der Waals surface area contributed by atoms with E-state index in [0.717, 1.165) is 54.6 Å². The Balaban J connectivity index is 1.53. The summed E-state index contributed by atoms with van der Waals surface area (Å²) in [5.41, 5.74) is 3.87. The molecular weight excluding hydrogens is 391 g/mol. The molecule has 0 aliphatic carbocycles. The lowest BCUT2D eigenvalue weighted by molar-refractivity contribution is 0.0566. The first-order valence-corrected chi connectivity index (χ1v) is 11.1. The second kappa shape index (κ2) is 11.6. The maximum absolute atomic E-state index is 13.6. The van der Waals surface area contributed by atoms with Gasteiger partial charge in [-0.1, -0.05) is 38.0 Å². The van der Waals surface area contributed by atoms with E-state index in [1.165, 1.54) is 25.0 Å². The van der Waals surface area contributed by atoms with Gasteiger partial charge in [-0.05, 0) is 74.1 Å². The van der Waals surface area contributed by atoms with Crippen LogP contribution in [0.4, 0.5) is 4.39 Å². The number of nitrogens with zero attached hydrogens (tertiary/aromatic N) is 2. The molecule has 1 heterocycles. The molecule has 164 valence electrons. The molecule has 3 rings (SSSR count). The van der Waals surface area contributed by atoms with Gasteiger partial charge in [-0.2, -0.15) is 0 Å². The average molecular weight is 423 g/mol. The van der Waals surface area contributed by atoms with Crippen LogP contribution in [0.25, 0.3) is 28.2 Å². The van der Waals surface area contributed by atoms with Crippen LogP contribution in [0.2, 0.25) is 0 Å². The highest BCUT2D eigenvalue weighted by atomic mass is 19.1. The Bertz CT molecular complexity index is 1020. The van der Waals surface area contributed by atoms with Crippen molar-refractivity contribution in [3.8, 4) is 16.9 Å². The fourth-order valence-corrected chi connectivity index (χ4v) is 3.42. The molecule has 4 nitrogen and oxygen atoms in total. The first kappa shape index (κ1) is 22.9. The lowest BCUT2D eigenvalue weighted by Gasteiger charge is -2.11. The molecule has 0 aliphatic rings. The number of ether oxygens (including phenoxy) is 1. The molecule has 5 heteroatoms. The predicted octanol–water partition coefficient (Wildman–Crippen LogP) is 6.92. The van der Waals surface area contributed by atoms with E-state index >= 15 is 0 Å². The molecule has 0 aliphatic heterocycles. The van der Waals surface area contributed by atoms with Gasteiger partial charge in [0, 0.05) is 6.61 Å². The standard InChI is InChI=1S/C26H31FN2O2/c1-3-4-8-15-31-19(2)9-6-5-7-10-22-18-28-25-17-21(11-13-24(25)29-22)20-12-14-26(30)23(27)16-20/h7,10-14,16-19,30H,3-6,8-9,15H2,1-2H3/b10-7+. The van der Waals surface area contributed by atoms with Gasteiger partial charge in [0.25, 0.3) is 0 Å². The number of hydrogen-bond acceptors (Lipinski definition) is 4. The van der Waals surface area contributed by atoms with Crippen LogP contribution < -0.4 is 0 Å². The molecular formula is C26H31FN2O2. The topological polar surface area (TPSA) is 55.2 Å². The number of allylic oxidation sites excluding steroid dienone is 1. The number of phenolic OH excluding ortho intramolecular Hbond substituents is 1. The third kappa shape index (κ3) is 6.86. The van der Waals surface area contributed by atoms with Gasteiger partial charge < -0.3 is 9.84 Å². The molecule has 31 heavy (non-hydrogen) atoms. The van der Waals surface area contributed by atoms with Gasteiger partial charge in [0.1, 0.15) is 0 Å². The molecule has 0 radical (unpaired) electrons. The Morgan fingerprint density at radius 3 is 2.68 bits per heavy atom. The molecule has 0 spiro atoms. The first-order chi connectivity index (χ1) is 15.1. The quantitative estimate of drug-likeness (QED) is 0.341. The normalized spacial score (nSPS) is 12.6. The molecule has 1 unspecified atom stereocenters. The van der Waals surface area contributed by atoms with Crippen LogP contribution in [0.15, 0.2) is 48.7 Å². The summed E-state index contributed by atoms with van der Waals surface area (Å²) < 4.78 is 19.5. The van der Waals surface area contributed by atoms with E-state index in [0.29, 0.717) is 11.7 Å². The second-order valence-corrected chi connectivity index (χ2v) is 7.89. The number of phenols is 1. The van der Waals surface area contributed by atoms with E-state index < -0.39 is 5.82 Å². The van der Waals surface area contributed by atoms with Crippen LogP contribution in [0.1, 0.15) is 58.1 Å². The van der Waals surface area contributed by atoms with Gasteiger partial charge in [0.15, 0.2) is 11.6 Å². The fraction of sp³-hybridized carbons (Fsp3) is 0.385. The van der Waals surface area contributed by atoms with Crippen molar-refractivity contribution in [1.29, 1.82) is 0 Å². The highest BCUT2D eigenvalue weighted by Gasteiger charge is 2.06. The SMILES string of the molecule is CCCCCOC(C)CCC/C=C/c1cnc2cc(-c3ccc(O)c(F)c3)ccc2n1. The summed E-state index contributed by atoms with van der Waals surface area (Å²) in [6.45, 7) is 5.21. The monoisotopic (exact) mass is 422 g/mol. The first-order valence-electron chi connectivity index (χ1n) is 11.1. The summed E-state index contributed by atoms with van der Waals surface area (Å²) in [6, 6.07) is 10.0. The van der Waals surface area contributed by atoms with Crippen molar-refractivity contribution in [3.05, 3.63) is 60.2 Å². The van der Waals surface area contributed by atoms with Crippen LogP contribution in [0.5, 0.6) is 5.75 Å². The molecule has 1 aromatic heterocycles. The summed E-state index contributed by atoms with van der Waals surface area (Å²) in [6.07, 6.45) is 12.9. The number of fused-ring (bicyclic) bond motifs is 1. The minimum absolute atomic E-state index is 0.307. The fourth-order valence-electron chi connectivity index (χ4n) is 3.42. The Morgan fingerprint density at radius 2 is 1.87 bits per heavy atom. The number of aromatic hydroxyl groups is 1. The molecule has 2 aromatic carbocycles. The Labute approximate surface area is 183 Å². The molecule has 1 atom stereocenters. The van der Waals surface area contributed by atoms with Gasteiger partial charge in [-0.25, -0.2) is 9.37 Å². The molecule has 0 bridgehead atoms. The van der Waals surface area contributed by atoms with Gasteiger partial charge >= 0.3 is 0 Å². The summed E-state index contributed by atoms with van der Waals surface area (Å²) in [5, 5.41) is 9.37. The van der Waals surface area contributed by atoms with Crippen molar-refractivity contribution < 1.29 is 14.2 Å². The lowest BCUT2D eigenvalue weighted by Crippen LogP contribution is -2.08. The van der Waals surface area contributed by atoms with Crippen molar-refractivity contribution in [2.75, 3.05) is 6.61 Å². The van der Waals surface area contributed by atoms with Crippen molar-refractivity contribution >= 4 is 17.1 Å². The minimum atomic E-state index is -0.637. The van der Waals surface area contributed by atoms with Crippen LogP contribution >= 0.6 is 0 Å². The third-order valence-corrected chi connectivity index (χ3v) is 5.26. The van der Waals surface area contributed by atoms with Crippen LogP contribution in [0.3, 0.4) is 0 Å². The van der Waals surface area contributed by atoms with Gasteiger partial charge in [0.2, 0.25) is 0 Å². The minimum Gasteiger partial charge on any atom is -0.505 e. The average Bonchev–Trinajstić information content (AvgIpc) is 2.78. The highest BCUT2D eigenvalue weighted by Crippen LogP contribution is 2.26. The molecule has 0 amide bonds. The molecule has 0 saturated heterocycles. The van der Waals surface area contributed by atoms with Crippen molar-refractivity contribution in [3.63, 3.8) is 0 Å². The van der Waals surface area contributed by atoms with Crippen LogP contribution in [-0.4, -0.2) is 27.8 Å². The summed E-state index contributed by atoms with van der Waals surface area (Å²) in [5.74, 6) is -0.990. The zero-order valence-electron chi connectivity index (χ0n) is 18.4. The number of aromatic nitrogens is 2. The summed E-state index contributed by atoms with van der Waals surface area (Å²) >= 11 is 0. The highest BCUT2D eigenvalue weighted by molar-refractivity contribution is 5.82. The van der Waals surface area contributed by atoms with E-state index in [1.807, 2.05) is 24.3 Å². The largest absolute Gasteiger partial charge is 0.505 e. The number of rotatable bonds is 11. The van der Waals surface area contributed by atoms with E-state index in [4.69, 9.17) is 4.74 Å². The third-order valence-electron chi connectivity index (χ3n) is 5.26. The van der Waals surface area contributed by atoms with Gasteiger partial charge in [0.05, 0.1) is 29.0 Å². The number of unbranched alkanes of at least 4 members (excludes halogenated alkanes) is 3. The van der Waals surface area contributed by atoms with E-state index in [9.17, 15) is 9.50 Å². The molecule has 0 fully saturated rings. The summed E-state index contributed by atoms with van der Waals surface area (Å²) in [4.78, 5) is 9.15. The Morgan fingerprint density at radius 1 is 1.06 bits per heavy atom. The van der Waals surface area contributed by atoms with E-state index in [1.54, 1.807) is 12.3 Å². The van der Waals surface area contributed by atoms with Crippen LogP contribution in [0, 0.1) is 5.82 Å². The lowest BCUT2D eigenvalue weighted by atomic mass is 10.0. The Hall–Kier alpha value is -2.79. The number of hydrogen-bond donors (Lipinski definition) is 1.